The molecule has 0 fully saturated rings. The SMILES string of the molecule is CCN(CC(C)C)c1ccc(/C(S)=C(/S)c2cc(C)ccc2C)cc1. The molecule has 0 radical (unpaired) electrons. The van der Waals surface area contributed by atoms with Crippen LogP contribution in [0, 0.1) is 19.8 Å². The standard InChI is InChI=1S/C22H29NS2/c1-6-23(14-15(2)3)19-11-9-18(10-12-19)21(24)22(25)20-13-16(4)7-8-17(20)5/h7-13,15,24-25H,6,14H2,1-5H3/b22-21-. The summed E-state index contributed by atoms with van der Waals surface area (Å²) >= 11 is 9.53. The Hall–Kier alpha value is -1.32. The van der Waals surface area contributed by atoms with Crippen molar-refractivity contribution in [2.45, 2.75) is 34.6 Å². The Morgan fingerprint density at radius 1 is 0.960 bits per heavy atom. The van der Waals surface area contributed by atoms with Crippen molar-refractivity contribution in [2.75, 3.05) is 18.0 Å². The summed E-state index contributed by atoms with van der Waals surface area (Å²) in [6, 6.07) is 15.1. The van der Waals surface area contributed by atoms with E-state index in [9.17, 15) is 0 Å². The summed E-state index contributed by atoms with van der Waals surface area (Å²) in [5.74, 6) is 0.647. The molecule has 0 aliphatic heterocycles. The van der Waals surface area contributed by atoms with Gasteiger partial charge in [-0.1, -0.05) is 49.7 Å². The van der Waals surface area contributed by atoms with Crippen LogP contribution in [-0.2, 0) is 0 Å². The molecule has 0 saturated heterocycles. The third-order valence-corrected chi connectivity index (χ3v) is 5.47. The summed E-state index contributed by atoms with van der Waals surface area (Å²) in [5, 5.41) is 0. The lowest BCUT2D eigenvalue weighted by atomic mass is 10.0. The van der Waals surface area contributed by atoms with Gasteiger partial charge in [0.1, 0.15) is 0 Å². The number of rotatable bonds is 6. The molecule has 0 aliphatic carbocycles. The normalized spacial score (nSPS) is 12.3. The van der Waals surface area contributed by atoms with Crippen LogP contribution < -0.4 is 4.90 Å². The average molecular weight is 372 g/mol. The van der Waals surface area contributed by atoms with Crippen LogP contribution in [0.5, 0.6) is 0 Å². The first-order chi connectivity index (χ1) is 11.8. The fourth-order valence-electron chi connectivity index (χ4n) is 2.94. The van der Waals surface area contributed by atoms with Crippen molar-refractivity contribution in [2.24, 2.45) is 5.92 Å². The van der Waals surface area contributed by atoms with Gasteiger partial charge in [0.2, 0.25) is 0 Å². The molecular formula is C22H29NS2. The van der Waals surface area contributed by atoms with Gasteiger partial charge in [-0.15, -0.1) is 25.3 Å². The minimum Gasteiger partial charge on any atom is -0.372 e. The van der Waals surface area contributed by atoms with Gasteiger partial charge >= 0.3 is 0 Å². The lowest BCUT2D eigenvalue weighted by molar-refractivity contribution is 0.619. The Kier molecular flexibility index (Phi) is 7.09. The summed E-state index contributed by atoms with van der Waals surface area (Å²) in [5.41, 5.74) is 5.95. The molecule has 0 saturated carbocycles. The number of hydrogen-bond donors (Lipinski definition) is 2. The molecule has 0 unspecified atom stereocenters. The molecule has 0 heterocycles. The maximum atomic E-state index is 4.77. The molecule has 0 amide bonds. The van der Waals surface area contributed by atoms with Crippen molar-refractivity contribution in [1.29, 1.82) is 0 Å². The van der Waals surface area contributed by atoms with Gasteiger partial charge in [-0.05, 0) is 55.5 Å². The van der Waals surface area contributed by atoms with E-state index in [0.29, 0.717) is 5.92 Å². The number of hydrogen-bond acceptors (Lipinski definition) is 3. The summed E-state index contributed by atoms with van der Waals surface area (Å²) in [6.07, 6.45) is 0. The van der Waals surface area contributed by atoms with Crippen molar-refractivity contribution in [3.8, 4) is 0 Å². The van der Waals surface area contributed by atoms with Crippen LogP contribution >= 0.6 is 25.3 Å². The van der Waals surface area contributed by atoms with Gasteiger partial charge in [0, 0.05) is 28.6 Å². The minimum absolute atomic E-state index is 0.647. The van der Waals surface area contributed by atoms with Crippen molar-refractivity contribution in [3.05, 3.63) is 64.7 Å². The number of anilines is 1. The highest BCUT2D eigenvalue weighted by Gasteiger charge is 2.10. The lowest BCUT2D eigenvalue weighted by Crippen LogP contribution is -2.27. The van der Waals surface area contributed by atoms with Crippen LogP contribution in [0.4, 0.5) is 5.69 Å². The second-order valence-electron chi connectivity index (χ2n) is 6.99. The Bertz CT molecular complexity index is 745. The average Bonchev–Trinajstić information content (AvgIpc) is 2.60. The van der Waals surface area contributed by atoms with Crippen LogP contribution in [0.2, 0.25) is 0 Å². The number of benzene rings is 2. The number of thiol groups is 2. The zero-order valence-corrected chi connectivity index (χ0v) is 17.7. The highest BCUT2D eigenvalue weighted by atomic mass is 32.1. The number of aryl methyl sites for hydroxylation is 2. The van der Waals surface area contributed by atoms with Crippen LogP contribution in [0.1, 0.15) is 43.0 Å². The van der Waals surface area contributed by atoms with Crippen LogP contribution in [0.25, 0.3) is 9.81 Å². The molecular weight excluding hydrogens is 342 g/mol. The van der Waals surface area contributed by atoms with Gasteiger partial charge in [0.25, 0.3) is 0 Å². The van der Waals surface area contributed by atoms with E-state index < -0.39 is 0 Å². The van der Waals surface area contributed by atoms with E-state index in [1.54, 1.807) is 0 Å². The summed E-state index contributed by atoms with van der Waals surface area (Å²) in [6.45, 7) is 13.0. The zero-order valence-electron chi connectivity index (χ0n) is 15.9. The topological polar surface area (TPSA) is 3.24 Å². The third kappa shape index (κ3) is 5.08. The van der Waals surface area contributed by atoms with Crippen LogP contribution in [0.15, 0.2) is 42.5 Å². The predicted molar refractivity (Wildman–Crippen MR) is 120 cm³/mol. The molecule has 0 N–H and O–H groups in total. The second-order valence-corrected chi connectivity index (χ2v) is 7.89. The van der Waals surface area contributed by atoms with E-state index in [4.69, 9.17) is 25.3 Å². The van der Waals surface area contributed by atoms with Crippen LogP contribution in [-0.4, -0.2) is 13.1 Å². The van der Waals surface area contributed by atoms with Gasteiger partial charge in [0.05, 0.1) is 0 Å². The van der Waals surface area contributed by atoms with E-state index in [0.717, 1.165) is 34.0 Å². The first kappa shape index (κ1) is 20.0. The van der Waals surface area contributed by atoms with E-state index in [-0.39, 0.29) is 0 Å². The molecule has 0 aliphatic rings. The fraction of sp³-hybridized carbons (Fsp3) is 0.364. The third-order valence-electron chi connectivity index (χ3n) is 4.35. The van der Waals surface area contributed by atoms with E-state index >= 15 is 0 Å². The second kappa shape index (κ2) is 8.86. The Balaban J connectivity index is 2.33. The number of nitrogens with zero attached hydrogens (tertiary/aromatic N) is 1. The van der Waals surface area contributed by atoms with Gasteiger partial charge in [0.15, 0.2) is 0 Å². The molecule has 2 aromatic carbocycles. The smallest absolute Gasteiger partial charge is 0.0366 e. The molecule has 2 aromatic rings. The van der Waals surface area contributed by atoms with Crippen molar-refractivity contribution in [3.63, 3.8) is 0 Å². The van der Waals surface area contributed by atoms with Crippen molar-refractivity contribution < 1.29 is 0 Å². The molecule has 3 heteroatoms. The summed E-state index contributed by atoms with van der Waals surface area (Å²) in [7, 11) is 0. The largest absolute Gasteiger partial charge is 0.372 e. The van der Waals surface area contributed by atoms with Crippen LogP contribution in [0.3, 0.4) is 0 Å². The van der Waals surface area contributed by atoms with Crippen molar-refractivity contribution >= 4 is 40.8 Å². The zero-order chi connectivity index (χ0) is 18.6. The first-order valence-corrected chi connectivity index (χ1v) is 9.78. The fourth-order valence-corrected chi connectivity index (χ4v) is 3.58. The minimum atomic E-state index is 0.647. The predicted octanol–water partition coefficient (Wildman–Crippen LogP) is 6.47. The van der Waals surface area contributed by atoms with Gasteiger partial charge in [-0.25, -0.2) is 0 Å². The van der Waals surface area contributed by atoms with E-state index in [1.165, 1.54) is 16.8 Å². The molecule has 2 rings (SSSR count). The molecule has 25 heavy (non-hydrogen) atoms. The highest BCUT2D eigenvalue weighted by molar-refractivity contribution is 7.96. The lowest BCUT2D eigenvalue weighted by Gasteiger charge is -2.25. The molecule has 0 spiro atoms. The van der Waals surface area contributed by atoms with Gasteiger partial charge in [-0.2, -0.15) is 0 Å². The monoisotopic (exact) mass is 371 g/mol. The molecule has 0 atom stereocenters. The highest BCUT2D eigenvalue weighted by Crippen LogP contribution is 2.34. The molecule has 134 valence electrons. The molecule has 0 bridgehead atoms. The van der Waals surface area contributed by atoms with Gasteiger partial charge < -0.3 is 4.90 Å². The summed E-state index contributed by atoms with van der Waals surface area (Å²) < 4.78 is 0. The maximum Gasteiger partial charge on any atom is 0.0366 e. The van der Waals surface area contributed by atoms with Crippen molar-refractivity contribution in [1.82, 2.24) is 0 Å². The maximum absolute atomic E-state index is 4.77. The molecule has 0 aromatic heterocycles. The first-order valence-electron chi connectivity index (χ1n) is 8.88. The molecule has 1 nitrogen and oxygen atoms in total. The Morgan fingerprint density at radius 2 is 1.60 bits per heavy atom. The quantitative estimate of drug-likeness (QED) is 0.435. The summed E-state index contributed by atoms with van der Waals surface area (Å²) in [4.78, 5) is 4.24. The van der Waals surface area contributed by atoms with Gasteiger partial charge in [-0.3, -0.25) is 0 Å². The van der Waals surface area contributed by atoms with E-state index in [1.807, 2.05) is 0 Å². The Labute approximate surface area is 164 Å². The Morgan fingerprint density at radius 3 is 2.16 bits per heavy atom. The van der Waals surface area contributed by atoms with E-state index in [2.05, 4.69) is 82.0 Å².